The molecule has 1 aliphatic rings. The Morgan fingerprint density at radius 3 is 2.54 bits per heavy atom. The SMILES string of the molecule is CCc1cccc2c(C(CC(=O)N3CCc4ccccc4C3)c3cccc(OC)c3OC)c[nH]c12. The number of amides is 1. The van der Waals surface area contributed by atoms with E-state index in [0.29, 0.717) is 24.5 Å². The van der Waals surface area contributed by atoms with Crippen LogP contribution >= 0.6 is 0 Å². The highest BCUT2D eigenvalue weighted by Gasteiger charge is 2.29. The van der Waals surface area contributed by atoms with Gasteiger partial charge in [-0.25, -0.2) is 0 Å². The molecule has 5 heteroatoms. The van der Waals surface area contributed by atoms with E-state index in [0.717, 1.165) is 41.4 Å². The Hall–Kier alpha value is -3.73. The van der Waals surface area contributed by atoms with E-state index in [4.69, 9.17) is 9.47 Å². The second-order valence-corrected chi connectivity index (χ2v) is 9.11. The lowest BCUT2D eigenvalue weighted by Crippen LogP contribution is -2.36. The number of hydrogen-bond donors (Lipinski definition) is 1. The number of fused-ring (bicyclic) bond motifs is 2. The Labute approximate surface area is 206 Å². The molecule has 5 rings (SSSR count). The molecule has 4 aromatic rings. The van der Waals surface area contributed by atoms with Crippen molar-refractivity contribution in [2.24, 2.45) is 0 Å². The maximum absolute atomic E-state index is 13.7. The highest BCUT2D eigenvalue weighted by Crippen LogP contribution is 2.42. The summed E-state index contributed by atoms with van der Waals surface area (Å²) in [7, 11) is 3.30. The summed E-state index contributed by atoms with van der Waals surface area (Å²) >= 11 is 0. The van der Waals surface area contributed by atoms with Gasteiger partial charge in [-0.05, 0) is 41.2 Å². The predicted octanol–water partition coefficient (Wildman–Crippen LogP) is 5.85. The molecular formula is C30H32N2O3. The summed E-state index contributed by atoms with van der Waals surface area (Å²) in [6.07, 6.45) is 4.25. The minimum atomic E-state index is -0.175. The quantitative estimate of drug-likeness (QED) is 0.370. The third-order valence-electron chi connectivity index (χ3n) is 7.26. The van der Waals surface area contributed by atoms with Crippen LogP contribution in [0.2, 0.25) is 0 Å². The summed E-state index contributed by atoms with van der Waals surface area (Å²) in [6.45, 7) is 3.56. The van der Waals surface area contributed by atoms with E-state index in [-0.39, 0.29) is 11.8 Å². The number of aromatic amines is 1. The second kappa shape index (κ2) is 9.87. The van der Waals surface area contributed by atoms with Gasteiger partial charge in [0, 0.05) is 48.1 Å². The molecule has 0 radical (unpaired) electrons. The molecule has 1 amide bonds. The number of carbonyl (C=O) groups excluding carboxylic acids is 1. The van der Waals surface area contributed by atoms with Gasteiger partial charge in [0.1, 0.15) is 0 Å². The van der Waals surface area contributed by atoms with E-state index in [1.54, 1.807) is 14.2 Å². The van der Waals surface area contributed by atoms with Crippen LogP contribution < -0.4 is 9.47 Å². The van der Waals surface area contributed by atoms with Gasteiger partial charge in [0.05, 0.1) is 14.2 Å². The minimum absolute atomic E-state index is 0.148. The first-order valence-corrected chi connectivity index (χ1v) is 12.3. The first kappa shape index (κ1) is 23.0. The van der Waals surface area contributed by atoms with E-state index in [9.17, 15) is 4.79 Å². The monoisotopic (exact) mass is 468 g/mol. The number of methoxy groups -OCH3 is 2. The zero-order valence-electron chi connectivity index (χ0n) is 20.6. The van der Waals surface area contributed by atoms with Crippen LogP contribution in [-0.4, -0.2) is 36.6 Å². The van der Waals surface area contributed by atoms with E-state index in [2.05, 4.69) is 54.5 Å². The Kier molecular flexibility index (Phi) is 6.49. The standard InChI is InChI=1S/C30H32N2O3/c1-4-20-11-7-12-23-26(18-31-29(20)23)25(24-13-8-14-27(34-2)30(24)35-3)17-28(33)32-16-15-21-9-5-6-10-22(21)19-32/h5-14,18,25,31H,4,15-17,19H2,1-3H3. The lowest BCUT2D eigenvalue weighted by atomic mass is 9.86. The molecule has 0 saturated heterocycles. The number of aromatic nitrogens is 1. The molecule has 1 N–H and O–H groups in total. The molecule has 35 heavy (non-hydrogen) atoms. The molecule has 180 valence electrons. The molecule has 3 aromatic carbocycles. The van der Waals surface area contributed by atoms with Crippen LogP contribution in [0.25, 0.3) is 10.9 Å². The van der Waals surface area contributed by atoms with E-state index < -0.39 is 0 Å². The zero-order chi connectivity index (χ0) is 24.4. The maximum atomic E-state index is 13.7. The fourth-order valence-corrected chi connectivity index (χ4v) is 5.41. The molecule has 5 nitrogen and oxygen atoms in total. The Bertz CT molecular complexity index is 1360. The number of H-pyrrole nitrogens is 1. The molecule has 1 aromatic heterocycles. The van der Waals surface area contributed by atoms with Crippen molar-refractivity contribution in [2.45, 2.75) is 38.6 Å². The number of ether oxygens (including phenoxy) is 2. The Morgan fingerprint density at radius 2 is 1.77 bits per heavy atom. The smallest absolute Gasteiger partial charge is 0.223 e. The van der Waals surface area contributed by atoms with Crippen LogP contribution in [0.5, 0.6) is 11.5 Å². The van der Waals surface area contributed by atoms with Gasteiger partial charge < -0.3 is 19.4 Å². The van der Waals surface area contributed by atoms with Crippen LogP contribution in [0.3, 0.4) is 0 Å². The number of rotatable bonds is 7. The highest BCUT2D eigenvalue weighted by atomic mass is 16.5. The molecule has 0 spiro atoms. The van der Waals surface area contributed by atoms with Crippen LogP contribution in [0.4, 0.5) is 0 Å². The Morgan fingerprint density at radius 1 is 0.971 bits per heavy atom. The number of nitrogens with one attached hydrogen (secondary N) is 1. The molecular weight excluding hydrogens is 436 g/mol. The summed E-state index contributed by atoms with van der Waals surface area (Å²) < 4.78 is 11.4. The van der Waals surface area contributed by atoms with E-state index in [1.807, 2.05) is 29.2 Å². The number of carbonyl (C=O) groups is 1. The third-order valence-corrected chi connectivity index (χ3v) is 7.26. The average molecular weight is 469 g/mol. The topological polar surface area (TPSA) is 54.6 Å². The van der Waals surface area contributed by atoms with Gasteiger partial charge >= 0.3 is 0 Å². The first-order chi connectivity index (χ1) is 17.1. The van der Waals surface area contributed by atoms with Crippen molar-refractivity contribution in [3.05, 3.63) is 94.7 Å². The lowest BCUT2D eigenvalue weighted by Gasteiger charge is -2.30. The van der Waals surface area contributed by atoms with Crippen molar-refractivity contribution in [1.29, 1.82) is 0 Å². The normalized spacial score (nSPS) is 14.0. The van der Waals surface area contributed by atoms with Crippen molar-refractivity contribution >= 4 is 16.8 Å². The molecule has 1 unspecified atom stereocenters. The van der Waals surface area contributed by atoms with Crippen molar-refractivity contribution in [1.82, 2.24) is 9.88 Å². The largest absolute Gasteiger partial charge is 0.493 e. The molecule has 0 saturated carbocycles. The lowest BCUT2D eigenvalue weighted by molar-refractivity contribution is -0.132. The van der Waals surface area contributed by atoms with E-state index >= 15 is 0 Å². The second-order valence-electron chi connectivity index (χ2n) is 9.11. The molecule has 1 atom stereocenters. The van der Waals surface area contributed by atoms with Gasteiger partial charge in [0.2, 0.25) is 5.91 Å². The molecule has 0 aliphatic carbocycles. The van der Waals surface area contributed by atoms with Gasteiger partial charge in [0.15, 0.2) is 11.5 Å². The van der Waals surface area contributed by atoms with Gasteiger partial charge in [-0.3, -0.25) is 4.79 Å². The molecule has 2 heterocycles. The number of benzene rings is 3. The summed E-state index contributed by atoms with van der Waals surface area (Å²) in [6, 6.07) is 20.7. The molecule has 1 aliphatic heterocycles. The zero-order valence-corrected chi connectivity index (χ0v) is 20.6. The maximum Gasteiger partial charge on any atom is 0.223 e. The summed E-state index contributed by atoms with van der Waals surface area (Å²) in [5.74, 6) is 1.32. The number of aryl methyl sites for hydroxylation is 1. The minimum Gasteiger partial charge on any atom is -0.493 e. The van der Waals surface area contributed by atoms with Gasteiger partial charge in [0.25, 0.3) is 0 Å². The van der Waals surface area contributed by atoms with E-state index in [1.165, 1.54) is 16.7 Å². The Balaban J connectivity index is 1.56. The van der Waals surface area contributed by atoms with Crippen molar-refractivity contribution in [2.75, 3.05) is 20.8 Å². The van der Waals surface area contributed by atoms with Gasteiger partial charge in [-0.1, -0.05) is 61.5 Å². The van der Waals surface area contributed by atoms with Crippen molar-refractivity contribution in [3.8, 4) is 11.5 Å². The van der Waals surface area contributed by atoms with Crippen molar-refractivity contribution < 1.29 is 14.3 Å². The van der Waals surface area contributed by atoms with Crippen LogP contribution in [0.15, 0.2) is 66.9 Å². The molecule has 0 fully saturated rings. The van der Waals surface area contributed by atoms with Crippen molar-refractivity contribution in [3.63, 3.8) is 0 Å². The van der Waals surface area contributed by atoms with Crippen LogP contribution in [-0.2, 0) is 24.2 Å². The van der Waals surface area contributed by atoms with Crippen LogP contribution in [0.1, 0.15) is 47.1 Å². The first-order valence-electron chi connectivity index (χ1n) is 12.3. The van der Waals surface area contributed by atoms with Gasteiger partial charge in [-0.2, -0.15) is 0 Å². The third kappa shape index (κ3) is 4.27. The highest BCUT2D eigenvalue weighted by molar-refractivity contribution is 5.88. The number of nitrogens with zero attached hydrogens (tertiary/aromatic N) is 1. The fraction of sp³-hybridized carbons (Fsp3) is 0.300. The fourth-order valence-electron chi connectivity index (χ4n) is 5.41. The summed E-state index contributed by atoms with van der Waals surface area (Å²) in [4.78, 5) is 19.2. The number of para-hydroxylation sites is 2. The predicted molar refractivity (Wildman–Crippen MR) is 139 cm³/mol. The van der Waals surface area contributed by atoms with Gasteiger partial charge in [-0.15, -0.1) is 0 Å². The summed E-state index contributed by atoms with van der Waals surface area (Å²) in [5, 5.41) is 1.15. The summed E-state index contributed by atoms with van der Waals surface area (Å²) in [5.41, 5.74) is 7.04. The van der Waals surface area contributed by atoms with Crippen LogP contribution in [0, 0.1) is 0 Å². The number of hydrogen-bond acceptors (Lipinski definition) is 3. The molecule has 0 bridgehead atoms. The average Bonchev–Trinajstić information content (AvgIpc) is 3.35.